The van der Waals surface area contributed by atoms with Gasteiger partial charge in [-0.25, -0.2) is 0 Å². The summed E-state index contributed by atoms with van der Waals surface area (Å²) < 4.78 is 0. The number of ketones is 1. The van der Waals surface area contributed by atoms with Crippen molar-refractivity contribution < 1.29 is 14.7 Å². The number of nitriles is 1. The molecule has 0 fully saturated rings. The molecule has 0 aliphatic heterocycles. The third-order valence-corrected chi connectivity index (χ3v) is 3.31. The van der Waals surface area contributed by atoms with Crippen molar-refractivity contribution in [3.05, 3.63) is 35.5 Å². The first kappa shape index (κ1) is 13.8. The average Bonchev–Trinajstić information content (AvgIpc) is 2.81. The number of benzene rings is 1. The third kappa shape index (κ3) is 2.28. The summed E-state index contributed by atoms with van der Waals surface area (Å²) in [5.41, 5.74) is 0.328. The molecule has 0 atom stereocenters. The Bertz CT molecular complexity index is 735. The number of rotatable bonds is 4. The molecule has 0 bridgehead atoms. The van der Waals surface area contributed by atoms with Crippen LogP contribution in [0.4, 0.5) is 0 Å². The van der Waals surface area contributed by atoms with Crippen LogP contribution in [0.25, 0.3) is 10.9 Å². The van der Waals surface area contributed by atoms with Crippen molar-refractivity contribution in [3.63, 3.8) is 0 Å². The monoisotopic (exact) mass is 270 g/mol. The fourth-order valence-corrected chi connectivity index (χ4v) is 2.07. The molecule has 0 aliphatic carbocycles. The zero-order valence-corrected chi connectivity index (χ0v) is 11.2. The number of fused-ring (bicyclic) bond motifs is 1. The van der Waals surface area contributed by atoms with Crippen LogP contribution >= 0.6 is 0 Å². The number of aromatic nitrogens is 1. The van der Waals surface area contributed by atoms with Crippen molar-refractivity contribution in [1.82, 2.24) is 4.98 Å². The number of carbonyl (C=O) groups is 2. The lowest BCUT2D eigenvalue weighted by Gasteiger charge is -2.17. The predicted molar refractivity (Wildman–Crippen MR) is 73.4 cm³/mol. The smallest absolute Gasteiger partial charge is 0.309 e. The van der Waals surface area contributed by atoms with Gasteiger partial charge in [0.05, 0.1) is 17.0 Å². The number of Topliss-reactive ketones (excluding diaryl/α,β-unsaturated/α-hetero) is 1. The number of nitrogens with zero attached hydrogens (tertiary/aromatic N) is 1. The Hall–Kier alpha value is -2.61. The van der Waals surface area contributed by atoms with Crippen LogP contribution in [0.2, 0.25) is 0 Å². The van der Waals surface area contributed by atoms with Crippen LogP contribution in [0.15, 0.2) is 24.4 Å². The molecule has 0 aliphatic rings. The standard InChI is InChI=1S/C15H14N2O3/c1-15(2,14(19)20)6-12(18)10-8-17-11-5-3-4-9(7-16)13(10)11/h3-5,8,17H,6H2,1-2H3,(H,19,20). The van der Waals surface area contributed by atoms with Gasteiger partial charge in [0.25, 0.3) is 0 Å². The Morgan fingerprint density at radius 3 is 2.70 bits per heavy atom. The van der Waals surface area contributed by atoms with Crippen molar-refractivity contribution in [2.24, 2.45) is 5.41 Å². The quantitative estimate of drug-likeness (QED) is 0.835. The van der Waals surface area contributed by atoms with Gasteiger partial charge in [0, 0.05) is 29.1 Å². The molecule has 20 heavy (non-hydrogen) atoms. The highest BCUT2D eigenvalue weighted by Gasteiger charge is 2.31. The maximum Gasteiger partial charge on any atom is 0.309 e. The number of aromatic amines is 1. The van der Waals surface area contributed by atoms with Gasteiger partial charge < -0.3 is 10.1 Å². The predicted octanol–water partition coefficient (Wildman–Crippen LogP) is 2.72. The molecule has 0 saturated carbocycles. The molecule has 1 aromatic heterocycles. The second kappa shape index (κ2) is 4.82. The van der Waals surface area contributed by atoms with E-state index in [1.807, 2.05) is 6.07 Å². The first-order valence-electron chi connectivity index (χ1n) is 6.13. The van der Waals surface area contributed by atoms with Gasteiger partial charge in [-0.3, -0.25) is 9.59 Å². The van der Waals surface area contributed by atoms with Crippen LogP contribution < -0.4 is 0 Å². The van der Waals surface area contributed by atoms with E-state index in [9.17, 15) is 9.59 Å². The molecule has 0 radical (unpaired) electrons. The fraction of sp³-hybridized carbons (Fsp3) is 0.267. The minimum absolute atomic E-state index is 0.116. The van der Waals surface area contributed by atoms with Crippen LogP contribution in [0.1, 0.15) is 36.2 Å². The molecule has 1 aromatic carbocycles. The van der Waals surface area contributed by atoms with Gasteiger partial charge in [0.15, 0.2) is 5.78 Å². The normalized spacial score (nSPS) is 11.2. The second-order valence-corrected chi connectivity index (χ2v) is 5.33. The number of carboxylic acid groups (broad SMARTS) is 1. The van der Waals surface area contributed by atoms with Crippen LogP contribution in [-0.2, 0) is 4.79 Å². The Morgan fingerprint density at radius 1 is 1.40 bits per heavy atom. The molecule has 0 saturated heterocycles. The van der Waals surface area contributed by atoms with E-state index in [-0.39, 0.29) is 12.2 Å². The lowest BCUT2D eigenvalue weighted by Crippen LogP contribution is -2.26. The van der Waals surface area contributed by atoms with E-state index in [4.69, 9.17) is 10.4 Å². The molecule has 5 heteroatoms. The second-order valence-electron chi connectivity index (χ2n) is 5.33. The summed E-state index contributed by atoms with van der Waals surface area (Å²) in [6.45, 7) is 3.01. The fourth-order valence-electron chi connectivity index (χ4n) is 2.07. The molecule has 1 heterocycles. The molecule has 2 aromatic rings. The Balaban J connectivity index is 2.47. The zero-order valence-electron chi connectivity index (χ0n) is 11.2. The highest BCUT2D eigenvalue weighted by Crippen LogP contribution is 2.28. The number of aliphatic carboxylic acids is 1. The van der Waals surface area contributed by atoms with Gasteiger partial charge in [-0.1, -0.05) is 6.07 Å². The lowest BCUT2D eigenvalue weighted by atomic mass is 9.85. The molecule has 5 nitrogen and oxygen atoms in total. The van der Waals surface area contributed by atoms with Crippen LogP contribution in [0, 0.1) is 16.7 Å². The first-order valence-corrected chi connectivity index (χ1v) is 6.13. The van der Waals surface area contributed by atoms with Gasteiger partial charge in [0.1, 0.15) is 0 Å². The van der Waals surface area contributed by atoms with Gasteiger partial charge in [-0.2, -0.15) is 5.26 Å². The van der Waals surface area contributed by atoms with Gasteiger partial charge in [-0.15, -0.1) is 0 Å². The molecular formula is C15H14N2O3. The SMILES string of the molecule is CC(C)(CC(=O)c1c[nH]c2cccc(C#N)c12)C(=O)O. The van der Waals surface area contributed by atoms with Gasteiger partial charge in [-0.05, 0) is 26.0 Å². The first-order chi connectivity index (χ1) is 9.36. The van der Waals surface area contributed by atoms with E-state index in [1.54, 1.807) is 18.2 Å². The number of hydrogen-bond donors (Lipinski definition) is 2. The molecule has 2 rings (SSSR count). The molecular weight excluding hydrogens is 256 g/mol. The molecule has 0 amide bonds. The number of hydrogen-bond acceptors (Lipinski definition) is 3. The topological polar surface area (TPSA) is 94.0 Å². The van der Waals surface area contributed by atoms with Crippen LogP contribution in [0.3, 0.4) is 0 Å². The van der Waals surface area contributed by atoms with Gasteiger partial charge >= 0.3 is 5.97 Å². The van der Waals surface area contributed by atoms with E-state index in [2.05, 4.69) is 4.98 Å². The number of H-pyrrole nitrogens is 1. The minimum atomic E-state index is -1.14. The highest BCUT2D eigenvalue weighted by molar-refractivity contribution is 6.10. The van der Waals surface area contributed by atoms with E-state index in [0.29, 0.717) is 22.0 Å². The van der Waals surface area contributed by atoms with Crippen LogP contribution in [0.5, 0.6) is 0 Å². The summed E-state index contributed by atoms with van der Waals surface area (Å²) in [6, 6.07) is 7.18. The van der Waals surface area contributed by atoms with Crippen molar-refractivity contribution in [1.29, 1.82) is 5.26 Å². The maximum absolute atomic E-state index is 12.3. The Labute approximate surface area is 115 Å². The molecule has 102 valence electrons. The van der Waals surface area contributed by atoms with E-state index >= 15 is 0 Å². The van der Waals surface area contributed by atoms with Crippen molar-refractivity contribution in [3.8, 4) is 6.07 Å². The molecule has 0 unspecified atom stereocenters. The minimum Gasteiger partial charge on any atom is -0.481 e. The maximum atomic E-state index is 12.3. The highest BCUT2D eigenvalue weighted by atomic mass is 16.4. The average molecular weight is 270 g/mol. The summed E-state index contributed by atoms with van der Waals surface area (Å²) in [5.74, 6) is -1.31. The number of carboxylic acids is 1. The van der Waals surface area contributed by atoms with Crippen molar-refractivity contribution in [2.75, 3.05) is 0 Å². The number of nitrogens with one attached hydrogen (secondary N) is 1. The summed E-state index contributed by atoms with van der Waals surface area (Å²) in [6.07, 6.45) is 1.42. The Morgan fingerprint density at radius 2 is 2.10 bits per heavy atom. The summed E-state index contributed by atoms with van der Waals surface area (Å²) in [4.78, 5) is 26.4. The van der Waals surface area contributed by atoms with Crippen molar-refractivity contribution in [2.45, 2.75) is 20.3 Å². The zero-order chi connectivity index (χ0) is 14.9. The molecule has 2 N–H and O–H groups in total. The van der Waals surface area contributed by atoms with Crippen molar-refractivity contribution >= 4 is 22.7 Å². The van der Waals surface area contributed by atoms with Gasteiger partial charge in [0.2, 0.25) is 0 Å². The Kier molecular flexibility index (Phi) is 3.33. The summed E-state index contributed by atoms with van der Waals surface area (Å²) >= 11 is 0. The third-order valence-electron chi connectivity index (χ3n) is 3.31. The summed E-state index contributed by atoms with van der Waals surface area (Å²) in [7, 11) is 0. The van der Waals surface area contributed by atoms with E-state index < -0.39 is 11.4 Å². The van der Waals surface area contributed by atoms with Crippen LogP contribution in [-0.4, -0.2) is 21.8 Å². The van der Waals surface area contributed by atoms with E-state index in [1.165, 1.54) is 20.0 Å². The van der Waals surface area contributed by atoms with E-state index in [0.717, 1.165) is 0 Å². The molecule has 0 spiro atoms. The summed E-state index contributed by atoms with van der Waals surface area (Å²) in [5, 5.41) is 18.8. The largest absolute Gasteiger partial charge is 0.481 e. The lowest BCUT2D eigenvalue weighted by molar-refractivity contribution is -0.146. The number of carbonyl (C=O) groups excluding carboxylic acids is 1.